The summed E-state index contributed by atoms with van der Waals surface area (Å²) in [4.78, 5) is 16.2. The molecule has 3 aromatic rings. The quantitative estimate of drug-likeness (QED) is 0.701. The summed E-state index contributed by atoms with van der Waals surface area (Å²) < 4.78 is 15.5. The highest BCUT2D eigenvalue weighted by Crippen LogP contribution is 2.16. The lowest BCUT2D eigenvalue weighted by Gasteiger charge is -2.08. The summed E-state index contributed by atoms with van der Waals surface area (Å²) in [5, 5.41) is 2.79. The van der Waals surface area contributed by atoms with Crippen LogP contribution in [-0.2, 0) is 11.3 Å². The van der Waals surface area contributed by atoms with Crippen LogP contribution in [0, 0.1) is 5.82 Å². The Hall–Kier alpha value is -3.21. The number of nitrogens with one attached hydrogen (secondary N) is 1. The lowest BCUT2D eigenvalue weighted by molar-refractivity contribution is -0.116. The maximum absolute atomic E-state index is 13.5. The third-order valence-corrected chi connectivity index (χ3v) is 3.72. The van der Waals surface area contributed by atoms with Crippen molar-refractivity contribution in [1.82, 2.24) is 14.9 Å². The van der Waals surface area contributed by atoms with Gasteiger partial charge in [-0.25, -0.2) is 9.37 Å². The van der Waals surface area contributed by atoms with Crippen LogP contribution >= 0.6 is 0 Å². The highest BCUT2D eigenvalue weighted by atomic mass is 19.1. The zero-order valence-corrected chi connectivity index (χ0v) is 13.6. The number of hydrogen-bond donors (Lipinski definition) is 1. The molecule has 1 N–H and O–H groups in total. The SMILES string of the molecule is O=C(C=Cc1ccccc1F)NCCn1ccnc1-c1ccccc1. The second kappa shape index (κ2) is 8.06. The van der Waals surface area contributed by atoms with E-state index in [1.165, 1.54) is 18.2 Å². The second-order valence-corrected chi connectivity index (χ2v) is 5.46. The summed E-state index contributed by atoms with van der Waals surface area (Å²) in [6.07, 6.45) is 6.42. The van der Waals surface area contributed by atoms with Crippen LogP contribution in [-0.4, -0.2) is 22.0 Å². The van der Waals surface area contributed by atoms with E-state index < -0.39 is 0 Å². The Morgan fingerprint density at radius 2 is 1.88 bits per heavy atom. The van der Waals surface area contributed by atoms with Gasteiger partial charge < -0.3 is 9.88 Å². The first-order valence-electron chi connectivity index (χ1n) is 8.01. The normalized spacial score (nSPS) is 10.9. The predicted molar refractivity (Wildman–Crippen MR) is 96.1 cm³/mol. The molecule has 3 rings (SSSR count). The van der Waals surface area contributed by atoms with Gasteiger partial charge in [-0.05, 0) is 12.1 Å². The monoisotopic (exact) mass is 335 g/mol. The largest absolute Gasteiger partial charge is 0.351 e. The lowest BCUT2D eigenvalue weighted by atomic mass is 10.2. The van der Waals surface area contributed by atoms with Crippen molar-refractivity contribution in [2.75, 3.05) is 6.54 Å². The summed E-state index contributed by atoms with van der Waals surface area (Å²) in [7, 11) is 0. The molecule has 0 saturated carbocycles. The molecule has 1 amide bonds. The molecule has 0 saturated heterocycles. The van der Waals surface area contributed by atoms with E-state index in [1.807, 2.05) is 41.1 Å². The summed E-state index contributed by atoms with van der Waals surface area (Å²) in [6, 6.07) is 16.2. The molecule has 25 heavy (non-hydrogen) atoms. The number of benzene rings is 2. The number of carbonyl (C=O) groups is 1. The third-order valence-electron chi connectivity index (χ3n) is 3.72. The van der Waals surface area contributed by atoms with Gasteiger partial charge in [-0.15, -0.1) is 0 Å². The molecule has 0 aliphatic rings. The smallest absolute Gasteiger partial charge is 0.244 e. The van der Waals surface area contributed by atoms with Gasteiger partial charge in [-0.1, -0.05) is 48.5 Å². The summed E-state index contributed by atoms with van der Waals surface area (Å²) in [5.74, 6) is 0.249. The standard InChI is InChI=1S/C20H18FN3O/c21-18-9-5-4-6-16(18)10-11-19(25)22-12-14-24-15-13-23-20(24)17-7-2-1-3-8-17/h1-11,13,15H,12,14H2,(H,22,25). The zero-order valence-electron chi connectivity index (χ0n) is 13.6. The molecular weight excluding hydrogens is 317 g/mol. The summed E-state index contributed by atoms with van der Waals surface area (Å²) in [6.45, 7) is 1.06. The fourth-order valence-corrected chi connectivity index (χ4v) is 2.47. The first-order valence-corrected chi connectivity index (χ1v) is 8.01. The molecule has 0 fully saturated rings. The molecule has 4 nitrogen and oxygen atoms in total. The lowest BCUT2D eigenvalue weighted by Crippen LogP contribution is -2.25. The van der Waals surface area contributed by atoms with Crippen molar-refractivity contribution in [2.45, 2.75) is 6.54 Å². The third kappa shape index (κ3) is 4.41. The average molecular weight is 335 g/mol. The molecule has 0 radical (unpaired) electrons. The van der Waals surface area contributed by atoms with Gasteiger partial charge in [0.2, 0.25) is 5.91 Å². The van der Waals surface area contributed by atoms with E-state index >= 15 is 0 Å². The highest BCUT2D eigenvalue weighted by molar-refractivity contribution is 5.91. The molecule has 1 heterocycles. The fraction of sp³-hybridized carbons (Fsp3) is 0.100. The number of carbonyl (C=O) groups excluding carboxylic acids is 1. The van der Waals surface area contributed by atoms with Crippen molar-refractivity contribution >= 4 is 12.0 Å². The Bertz CT molecular complexity index is 871. The van der Waals surface area contributed by atoms with E-state index in [0.717, 1.165) is 11.4 Å². The molecule has 0 aliphatic heterocycles. The van der Waals surface area contributed by atoms with Crippen LogP contribution in [0.3, 0.4) is 0 Å². The minimum Gasteiger partial charge on any atom is -0.351 e. The van der Waals surface area contributed by atoms with Crippen LogP contribution in [0.1, 0.15) is 5.56 Å². The van der Waals surface area contributed by atoms with E-state index in [0.29, 0.717) is 18.7 Å². The molecule has 0 spiro atoms. The van der Waals surface area contributed by atoms with Crippen molar-refractivity contribution in [3.63, 3.8) is 0 Å². The van der Waals surface area contributed by atoms with Gasteiger partial charge in [-0.3, -0.25) is 4.79 Å². The molecule has 1 aromatic heterocycles. The van der Waals surface area contributed by atoms with Crippen LogP contribution in [0.4, 0.5) is 4.39 Å². The summed E-state index contributed by atoms with van der Waals surface area (Å²) >= 11 is 0. The first-order chi connectivity index (χ1) is 12.2. The van der Waals surface area contributed by atoms with Crippen molar-refractivity contribution in [3.8, 4) is 11.4 Å². The molecule has 0 atom stereocenters. The van der Waals surface area contributed by atoms with Gasteiger partial charge in [0.1, 0.15) is 11.6 Å². The Labute approximate surface area is 145 Å². The molecule has 0 aliphatic carbocycles. The van der Waals surface area contributed by atoms with Gasteiger partial charge >= 0.3 is 0 Å². The van der Waals surface area contributed by atoms with Crippen LogP contribution in [0.2, 0.25) is 0 Å². The van der Waals surface area contributed by atoms with Gasteiger partial charge in [-0.2, -0.15) is 0 Å². The van der Waals surface area contributed by atoms with Gasteiger partial charge in [0, 0.05) is 42.7 Å². The minimum absolute atomic E-state index is 0.260. The van der Waals surface area contributed by atoms with Crippen LogP contribution in [0.15, 0.2) is 73.1 Å². The molecule has 5 heteroatoms. The van der Waals surface area contributed by atoms with E-state index in [2.05, 4.69) is 10.3 Å². The Balaban J connectivity index is 1.55. The Morgan fingerprint density at radius 1 is 1.12 bits per heavy atom. The van der Waals surface area contributed by atoms with E-state index in [9.17, 15) is 9.18 Å². The molecule has 0 bridgehead atoms. The number of amides is 1. The Morgan fingerprint density at radius 3 is 2.68 bits per heavy atom. The number of halogens is 1. The fourth-order valence-electron chi connectivity index (χ4n) is 2.47. The van der Waals surface area contributed by atoms with Crippen molar-refractivity contribution < 1.29 is 9.18 Å². The van der Waals surface area contributed by atoms with Gasteiger partial charge in [0.15, 0.2) is 0 Å². The first kappa shape index (κ1) is 16.6. The van der Waals surface area contributed by atoms with Crippen molar-refractivity contribution in [3.05, 3.63) is 84.4 Å². The van der Waals surface area contributed by atoms with Gasteiger partial charge in [0.25, 0.3) is 0 Å². The topological polar surface area (TPSA) is 46.9 Å². The zero-order chi connectivity index (χ0) is 17.5. The molecule has 0 unspecified atom stereocenters. The van der Waals surface area contributed by atoms with Crippen LogP contribution in [0.25, 0.3) is 17.5 Å². The van der Waals surface area contributed by atoms with E-state index in [-0.39, 0.29) is 11.7 Å². The summed E-state index contributed by atoms with van der Waals surface area (Å²) in [5.41, 5.74) is 1.41. The van der Waals surface area contributed by atoms with Crippen molar-refractivity contribution in [1.29, 1.82) is 0 Å². The molecule has 126 valence electrons. The van der Waals surface area contributed by atoms with E-state index in [4.69, 9.17) is 0 Å². The second-order valence-electron chi connectivity index (χ2n) is 5.46. The van der Waals surface area contributed by atoms with Gasteiger partial charge in [0.05, 0.1) is 0 Å². The predicted octanol–water partition coefficient (Wildman–Crippen LogP) is 3.52. The number of hydrogen-bond acceptors (Lipinski definition) is 2. The Kier molecular flexibility index (Phi) is 5.36. The number of rotatable bonds is 6. The van der Waals surface area contributed by atoms with Crippen LogP contribution in [0.5, 0.6) is 0 Å². The average Bonchev–Trinajstić information content (AvgIpc) is 3.10. The molecular formula is C20H18FN3O. The van der Waals surface area contributed by atoms with Crippen LogP contribution < -0.4 is 5.32 Å². The number of imidazole rings is 1. The number of aromatic nitrogens is 2. The maximum Gasteiger partial charge on any atom is 0.244 e. The van der Waals surface area contributed by atoms with Crippen molar-refractivity contribution in [2.24, 2.45) is 0 Å². The number of nitrogens with zero attached hydrogens (tertiary/aromatic N) is 2. The maximum atomic E-state index is 13.5. The minimum atomic E-state index is -0.350. The highest BCUT2D eigenvalue weighted by Gasteiger charge is 2.05. The molecule has 2 aromatic carbocycles. The van der Waals surface area contributed by atoms with E-state index in [1.54, 1.807) is 24.4 Å².